The van der Waals surface area contributed by atoms with Crippen molar-refractivity contribution in [3.63, 3.8) is 0 Å². The third-order valence-electron chi connectivity index (χ3n) is 0.762. The fraction of sp³-hybridized carbons (Fsp3) is 0.750. The summed E-state index contributed by atoms with van der Waals surface area (Å²) in [6.07, 6.45) is 0. The number of rotatable bonds is 1. The third-order valence-corrected chi connectivity index (χ3v) is 0.762. The smallest absolute Gasteiger partial charge is 0.200 e. The number of nitrogens with zero attached hydrogens (tertiary/aromatic N) is 1. The molecule has 0 aliphatic rings. The molecular formula is C4H6F3N. The first-order valence-corrected chi connectivity index (χ1v) is 2.02. The zero-order chi connectivity index (χ0) is 6.78. The number of alkyl halides is 2. The standard InChI is InChI=1S/C4H6F3N/c1-3(8-7)4(2,5)6/h1-2H3. The van der Waals surface area contributed by atoms with E-state index in [0.29, 0.717) is 6.92 Å². The van der Waals surface area contributed by atoms with E-state index >= 15 is 0 Å². The summed E-state index contributed by atoms with van der Waals surface area (Å²) in [5.74, 6) is -3.12. The lowest BCUT2D eigenvalue weighted by Gasteiger charge is -2.04. The lowest BCUT2D eigenvalue weighted by molar-refractivity contribution is 0.0976. The van der Waals surface area contributed by atoms with Crippen LogP contribution < -0.4 is 0 Å². The van der Waals surface area contributed by atoms with Gasteiger partial charge in [0.05, 0.1) is 0 Å². The van der Waals surface area contributed by atoms with Crippen molar-refractivity contribution in [1.29, 1.82) is 0 Å². The Morgan fingerprint density at radius 3 is 1.88 bits per heavy atom. The molecular weight excluding hydrogens is 119 g/mol. The minimum absolute atomic E-state index is 0.589. The van der Waals surface area contributed by atoms with Gasteiger partial charge in [-0.15, -0.1) is 0 Å². The zero-order valence-corrected chi connectivity index (χ0v) is 4.58. The van der Waals surface area contributed by atoms with Crippen LogP contribution in [0.1, 0.15) is 13.8 Å². The Morgan fingerprint density at radius 1 is 1.50 bits per heavy atom. The van der Waals surface area contributed by atoms with E-state index in [1.54, 1.807) is 0 Å². The van der Waals surface area contributed by atoms with Crippen molar-refractivity contribution in [1.82, 2.24) is 0 Å². The van der Waals surface area contributed by atoms with Crippen molar-refractivity contribution in [3.05, 3.63) is 0 Å². The predicted molar refractivity (Wildman–Crippen MR) is 24.8 cm³/mol. The Kier molecular flexibility index (Phi) is 2.01. The molecule has 1 nitrogen and oxygen atoms in total. The summed E-state index contributed by atoms with van der Waals surface area (Å²) >= 11 is 0. The first-order valence-electron chi connectivity index (χ1n) is 2.02. The van der Waals surface area contributed by atoms with Gasteiger partial charge in [0.15, 0.2) is 0 Å². The van der Waals surface area contributed by atoms with Gasteiger partial charge >= 0.3 is 0 Å². The quantitative estimate of drug-likeness (QED) is 0.475. The topological polar surface area (TPSA) is 12.4 Å². The molecule has 0 unspecified atom stereocenters. The fourth-order valence-electron chi connectivity index (χ4n) is 0.0742. The highest BCUT2D eigenvalue weighted by molar-refractivity contribution is 5.87. The van der Waals surface area contributed by atoms with E-state index in [0.717, 1.165) is 6.92 Å². The molecule has 0 aromatic carbocycles. The van der Waals surface area contributed by atoms with Crippen LogP contribution in [-0.4, -0.2) is 11.6 Å². The van der Waals surface area contributed by atoms with Gasteiger partial charge in [-0.25, -0.2) is 8.78 Å². The van der Waals surface area contributed by atoms with Gasteiger partial charge in [-0.05, 0) is 6.92 Å². The highest BCUT2D eigenvalue weighted by atomic mass is 19.3. The van der Waals surface area contributed by atoms with Gasteiger partial charge in [-0.2, -0.15) is 0 Å². The van der Waals surface area contributed by atoms with E-state index in [4.69, 9.17) is 0 Å². The second kappa shape index (κ2) is 2.15. The minimum Gasteiger partial charge on any atom is -0.200 e. The monoisotopic (exact) mass is 125 g/mol. The van der Waals surface area contributed by atoms with Crippen LogP contribution in [0.25, 0.3) is 0 Å². The van der Waals surface area contributed by atoms with Gasteiger partial charge in [-0.3, -0.25) is 0 Å². The third kappa shape index (κ3) is 1.95. The molecule has 0 radical (unpaired) electrons. The van der Waals surface area contributed by atoms with Crippen molar-refractivity contribution in [2.24, 2.45) is 5.21 Å². The summed E-state index contributed by atoms with van der Waals surface area (Å²) in [7, 11) is 0. The molecule has 0 N–H and O–H groups in total. The predicted octanol–water partition coefficient (Wildman–Crippen LogP) is 1.99. The largest absolute Gasteiger partial charge is 0.285 e. The average Bonchev–Trinajstić information content (AvgIpc) is 1.62. The van der Waals surface area contributed by atoms with Crippen LogP contribution in [0.15, 0.2) is 5.21 Å². The molecule has 0 atom stereocenters. The van der Waals surface area contributed by atoms with Crippen molar-refractivity contribution in [2.75, 3.05) is 0 Å². The van der Waals surface area contributed by atoms with Gasteiger partial charge < -0.3 is 0 Å². The van der Waals surface area contributed by atoms with Crippen LogP contribution in [0.4, 0.5) is 13.3 Å². The Morgan fingerprint density at radius 2 is 1.88 bits per heavy atom. The van der Waals surface area contributed by atoms with Gasteiger partial charge in [0.25, 0.3) is 5.92 Å². The van der Waals surface area contributed by atoms with E-state index in [1.807, 2.05) is 5.21 Å². The molecule has 48 valence electrons. The maximum Gasteiger partial charge on any atom is 0.285 e. The van der Waals surface area contributed by atoms with Crippen LogP contribution in [0, 0.1) is 0 Å². The van der Waals surface area contributed by atoms with Crippen molar-refractivity contribution in [3.8, 4) is 0 Å². The number of hydrogen-bond donors (Lipinski definition) is 0. The molecule has 0 aromatic rings. The second-order valence-electron chi connectivity index (χ2n) is 1.56. The van der Waals surface area contributed by atoms with Crippen molar-refractivity contribution in [2.45, 2.75) is 19.8 Å². The van der Waals surface area contributed by atoms with Gasteiger partial charge in [-0.1, -0.05) is 9.70 Å². The lowest BCUT2D eigenvalue weighted by Crippen LogP contribution is -2.20. The molecule has 4 heteroatoms. The molecule has 8 heavy (non-hydrogen) atoms. The van der Waals surface area contributed by atoms with E-state index in [9.17, 15) is 13.3 Å². The van der Waals surface area contributed by atoms with E-state index in [-0.39, 0.29) is 0 Å². The Bertz CT molecular complexity index is 102. The molecule has 0 saturated carbocycles. The van der Waals surface area contributed by atoms with Crippen LogP contribution in [-0.2, 0) is 0 Å². The Balaban J connectivity index is 4.03. The summed E-state index contributed by atoms with van der Waals surface area (Å²) in [6, 6.07) is 0. The van der Waals surface area contributed by atoms with Crippen molar-refractivity contribution < 1.29 is 13.3 Å². The van der Waals surface area contributed by atoms with E-state index in [2.05, 4.69) is 0 Å². The Hall–Kier alpha value is -0.540. The van der Waals surface area contributed by atoms with Crippen LogP contribution >= 0.6 is 0 Å². The van der Waals surface area contributed by atoms with E-state index < -0.39 is 11.6 Å². The first kappa shape index (κ1) is 7.46. The van der Waals surface area contributed by atoms with E-state index in [1.165, 1.54) is 0 Å². The Labute approximate surface area is 45.2 Å². The fourth-order valence-corrected chi connectivity index (χ4v) is 0.0742. The molecule has 0 fully saturated rings. The molecule has 0 bridgehead atoms. The van der Waals surface area contributed by atoms with Gasteiger partial charge in [0, 0.05) is 6.92 Å². The maximum atomic E-state index is 11.7. The highest BCUT2D eigenvalue weighted by Gasteiger charge is 2.25. The average molecular weight is 125 g/mol. The summed E-state index contributed by atoms with van der Waals surface area (Å²) in [5.41, 5.74) is -0.794. The van der Waals surface area contributed by atoms with Gasteiger partial charge in [0.1, 0.15) is 5.71 Å². The number of hydrogen-bond acceptors (Lipinski definition) is 1. The summed E-state index contributed by atoms with van der Waals surface area (Å²) in [4.78, 5) is 0. The SMILES string of the molecule is CC(=NF)C(C)(F)F. The second-order valence-corrected chi connectivity index (χ2v) is 1.56. The highest BCUT2D eigenvalue weighted by Crippen LogP contribution is 2.13. The molecule has 0 aromatic heterocycles. The number of halogens is 3. The van der Waals surface area contributed by atoms with Crippen molar-refractivity contribution >= 4 is 5.71 Å². The van der Waals surface area contributed by atoms with Crippen LogP contribution in [0.5, 0.6) is 0 Å². The molecule has 0 rings (SSSR count). The summed E-state index contributed by atoms with van der Waals surface area (Å²) < 4.78 is 34.5. The molecule has 0 amide bonds. The van der Waals surface area contributed by atoms with Crippen LogP contribution in [0.3, 0.4) is 0 Å². The maximum absolute atomic E-state index is 11.7. The zero-order valence-electron chi connectivity index (χ0n) is 4.58. The molecule has 0 heterocycles. The molecule has 0 saturated heterocycles. The summed E-state index contributed by atoms with van der Waals surface area (Å²) in [6.45, 7) is 1.52. The summed E-state index contributed by atoms with van der Waals surface area (Å²) in [5, 5.41) is 1.83. The molecule has 0 aliphatic heterocycles. The molecule has 0 aliphatic carbocycles. The lowest BCUT2D eigenvalue weighted by atomic mass is 10.3. The van der Waals surface area contributed by atoms with Gasteiger partial charge in [0.2, 0.25) is 0 Å². The normalized spacial score (nSPS) is 14.4. The van der Waals surface area contributed by atoms with Crippen LogP contribution in [0.2, 0.25) is 0 Å². The first-order chi connectivity index (χ1) is 3.48. The molecule has 0 spiro atoms. The minimum atomic E-state index is -3.12.